The summed E-state index contributed by atoms with van der Waals surface area (Å²) in [6, 6.07) is 3.79. The number of hydrogen-bond donors (Lipinski definition) is 2. The second-order valence-electron chi connectivity index (χ2n) is 5.72. The van der Waals surface area contributed by atoms with E-state index in [0.717, 1.165) is 18.9 Å². The number of hydrogen-bond acceptors (Lipinski definition) is 5. The molecule has 2 rings (SSSR count). The van der Waals surface area contributed by atoms with Crippen molar-refractivity contribution in [3.63, 3.8) is 0 Å². The van der Waals surface area contributed by atoms with E-state index >= 15 is 0 Å². The molecule has 1 fully saturated rings. The average molecular weight is 414 g/mol. The van der Waals surface area contributed by atoms with Crippen LogP contribution in [0, 0.1) is 0 Å². The van der Waals surface area contributed by atoms with E-state index in [-0.39, 0.29) is 28.6 Å². The molecule has 0 bridgehead atoms. The molecule has 1 saturated heterocycles. The van der Waals surface area contributed by atoms with Gasteiger partial charge in [-0.3, -0.25) is 4.79 Å². The van der Waals surface area contributed by atoms with Crippen LogP contribution in [-0.2, 0) is 10.0 Å². The zero-order chi connectivity index (χ0) is 18.7. The highest BCUT2D eigenvalue weighted by molar-refractivity contribution is 7.89. The van der Waals surface area contributed by atoms with Gasteiger partial charge in [-0.15, -0.1) is 12.4 Å². The fraction of sp³-hybridized carbons (Fsp3) is 0.533. The van der Waals surface area contributed by atoms with Crippen LogP contribution in [0.2, 0.25) is 0 Å². The van der Waals surface area contributed by atoms with E-state index in [4.69, 9.17) is 10.5 Å². The number of ether oxygens (including phenoxy) is 1. The summed E-state index contributed by atoms with van der Waals surface area (Å²) in [5.74, 6) is -3.95. The molecule has 1 aromatic carbocycles. The lowest BCUT2D eigenvalue weighted by Gasteiger charge is -2.19. The highest BCUT2D eigenvalue weighted by Crippen LogP contribution is 2.29. The first-order valence-electron chi connectivity index (χ1n) is 7.75. The van der Waals surface area contributed by atoms with Gasteiger partial charge in [0, 0.05) is 18.7 Å². The lowest BCUT2D eigenvalue weighted by atomic mass is 10.2. The Morgan fingerprint density at radius 3 is 2.50 bits per heavy atom. The predicted molar refractivity (Wildman–Crippen MR) is 94.6 cm³/mol. The standard InChI is InChI=1S/C15H21F2N3O4S.ClH/c1-24-12-5-4-11(14(21)19-10-15(16,17)9-18)8-13(12)25(22,23)20-6-2-3-7-20;/h4-5,8H,2-3,6-7,9-10,18H2,1H3,(H,19,21);1H. The molecule has 1 aliphatic rings. The monoisotopic (exact) mass is 413 g/mol. The van der Waals surface area contributed by atoms with Gasteiger partial charge in [0.2, 0.25) is 10.0 Å². The zero-order valence-electron chi connectivity index (χ0n) is 14.2. The van der Waals surface area contributed by atoms with E-state index in [9.17, 15) is 22.0 Å². The van der Waals surface area contributed by atoms with Crippen LogP contribution in [0.1, 0.15) is 23.2 Å². The van der Waals surface area contributed by atoms with Crippen LogP contribution in [0.25, 0.3) is 0 Å². The summed E-state index contributed by atoms with van der Waals surface area (Å²) in [4.78, 5) is 11.9. The summed E-state index contributed by atoms with van der Waals surface area (Å²) in [7, 11) is -2.51. The fourth-order valence-corrected chi connectivity index (χ4v) is 4.17. The molecule has 1 amide bonds. The molecule has 0 aromatic heterocycles. The number of carbonyl (C=O) groups is 1. The van der Waals surface area contributed by atoms with E-state index in [2.05, 4.69) is 5.32 Å². The average Bonchev–Trinajstić information content (AvgIpc) is 3.14. The van der Waals surface area contributed by atoms with Crippen molar-refractivity contribution in [1.29, 1.82) is 0 Å². The number of alkyl halides is 2. The van der Waals surface area contributed by atoms with Crippen molar-refractivity contribution < 1.29 is 26.7 Å². The van der Waals surface area contributed by atoms with Crippen LogP contribution in [0.4, 0.5) is 8.78 Å². The van der Waals surface area contributed by atoms with E-state index in [1.54, 1.807) is 0 Å². The van der Waals surface area contributed by atoms with E-state index in [1.807, 2.05) is 0 Å². The van der Waals surface area contributed by atoms with Crippen LogP contribution in [0.3, 0.4) is 0 Å². The number of carbonyl (C=O) groups excluding carboxylic acids is 1. The maximum absolute atomic E-state index is 13.2. The molecule has 0 spiro atoms. The Bertz CT molecular complexity index is 740. The molecule has 0 aliphatic carbocycles. The minimum Gasteiger partial charge on any atom is -0.495 e. The number of nitrogens with one attached hydrogen (secondary N) is 1. The molecule has 0 saturated carbocycles. The van der Waals surface area contributed by atoms with Crippen LogP contribution in [0.15, 0.2) is 23.1 Å². The molecular weight excluding hydrogens is 392 g/mol. The van der Waals surface area contributed by atoms with Gasteiger partial charge in [-0.1, -0.05) is 0 Å². The molecule has 26 heavy (non-hydrogen) atoms. The van der Waals surface area contributed by atoms with Gasteiger partial charge < -0.3 is 15.8 Å². The quantitative estimate of drug-likeness (QED) is 0.700. The van der Waals surface area contributed by atoms with Gasteiger partial charge in [-0.05, 0) is 31.0 Å². The third-order valence-corrected chi connectivity index (χ3v) is 5.83. The molecule has 3 N–H and O–H groups in total. The van der Waals surface area contributed by atoms with Gasteiger partial charge in [0.25, 0.3) is 11.8 Å². The Morgan fingerprint density at radius 2 is 1.96 bits per heavy atom. The molecular formula is C15H22ClF2N3O4S. The van der Waals surface area contributed by atoms with Crippen molar-refractivity contribution in [2.75, 3.05) is 33.3 Å². The lowest BCUT2D eigenvalue weighted by Crippen LogP contribution is -2.41. The van der Waals surface area contributed by atoms with Crippen LogP contribution in [-0.4, -0.2) is 57.8 Å². The second-order valence-corrected chi connectivity index (χ2v) is 7.63. The van der Waals surface area contributed by atoms with E-state index in [0.29, 0.717) is 13.1 Å². The summed E-state index contributed by atoms with van der Waals surface area (Å²) in [6.45, 7) is -1.04. The van der Waals surface area contributed by atoms with Crippen molar-refractivity contribution in [2.45, 2.75) is 23.7 Å². The van der Waals surface area contributed by atoms with Crippen molar-refractivity contribution in [1.82, 2.24) is 9.62 Å². The minimum atomic E-state index is -3.83. The first-order chi connectivity index (χ1) is 11.7. The number of benzene rings is 1. The maximum Gasteiger partial charge on any atom is 0.277 e. The van der Waals surface area contributed by atoms with Crippen molar-refractivity contribution in [2.24, 2.45) is 5.73 Å². The highest BCUT2D eigenvalue weighted by Gasteiger charge is 2.31. The summed E-state index contributed by atoms with van der Waals surface area (Å²) in [6.07, 6.45) is 1.52. The van der Waals surface area contributed by atoms with Gasteiger partial charge in [0.1, 0.15) is 10.6 Å². The lowest BCUT2D eigenvalue weighted by molar-refractivity contribution is 0.0118. The molecule has 1 aromatic rings. The first kappa shape index (κ1) is 22.6. The summed E-state index contributed by atoms with van der Waals surface area (Å²) in [5, 5.41) is 2.06. The minimum absolute atomic E-state index is 0. The molecule has 0 unspecified atom stereocenters. The van der Waals surface area contributed by atoms with E-state index in [1.165, 1.54) is 23.5 Å². The molecule has 148 valence electrons. The smallest absolute Gasteiger partial charge is 0.277 e. The normalized spacial score (nSPS) is 15.4. The molecule has 1 aliphatic heterocycles. The fourth-order valence-electron chi connectivity index (χ4n) is 2.47. The summed E-state index contributed by atoms with van der Waals surface area (Å²) in [5.41, 5.74) is 4.87. The topological polar surface area (TPSA) is 102 Å². The number of methoxy groups -OCH3 is 1. The first-order valence-corrected chi connectivity index (χ1v) is 9.19. The van der Waals surface area contributed by atoms with Crippen molar-refractivity contribution in [3.8, 4) is 5.75 Å². The van der Waals surface area contributed by atoms with Gasteiger partial charge in [0.15, 0.2) is 0 Å². The molecule has 0 radical (unpaired) electrons. The number of nitrogens with zero attached hydrogens (tertiary/aromatic N) is 1. The van der Waals surface area contributed by atoms with E-state index < -0.39 is 34.9 Å². The van der Waals surface area contributed by atoms with Crippen LogP contribution >= 0.6 is 12.4 Å². The van der Waals surface area contributed by atoms with Gasteiger partial charge in [0.05, 0.1) is 20.2 Å². The Morgan fingerprint density at radius 1 is 1.35 bits per heavy atom. The predicted octanol–water partition coefficient (Wildman–Crippen LogP) is 1.23. The van der Waals surface area contributed by atoms with Gasteiger partial charge >= 0.3 is 0 Å². The molecule has 0 atom stereocenters. The van der Waals surface area contributed by atoms with Crippen molar-refractivity contribution >= 4 is 28.3 Å². The number of rotatable bonds is 7. The van der Waals surface area contributed by atoms with Crippen LogP contribution in [0.5, 0.6) is 5.75 Å². The largest absolute Gasteiger partial charge is 0.495 e. The Balaban J connectivity index is 0.00000338. The number of sulfonamides is 1. The molecule has 7 nitrogen and oxygen atoms in total. The Hall–Kier alpha value is -1.49. The second kappa shape index (κ2) is 8.94. The maximum atomic E-state index is 13.2. The van der Waals surface area contributed by atoms with Gasteiger partial charge in [-0.25, -0.2) is 17.2 Å². The van der Waals surface area contributed by atoms with Crippen LogP contribution < -0.4 is 15.8 Å². The molecule has 1 heterocycles. The van der Waals surface area contributed by atoms with Gasteiger partial charge in [-0.2, -0.15) is 4.31 Å². The Kier molecular flexibility index (Phi) is 7.75. The zero-order valence-corrected chi connectivity index (χ0v) is 15.8. The number of amides is 1. The third-order valence-electron chi connectivity index (χ3n) is 3.91. The summed E-state index contributed by atoms with van der Waals surface area (Å²) < 4.78 is 58.2. The number of nitrogens with two attached hydrogens (primary N) is 1. The Labute approximate surface area is 157 Å². The highest BCUT2D eigenvalue weighted by atomic mass is 35.5. The number of halogens is 3. The summed E-state index contributed by atoms with van der Waals surface area (Å²) >= 11 is 0. The van der Waals surface area contributed by atoms with Crippen molar-refractivity contribution in [3.05, 3.63) is 23.8 Å². The molecule has 11 heteroatoms. The third kappa shape index (κ3) is 5.03. The SMILES string of the molecule is COc1ccc(C(=O)NCC(F)(F)CN)cc1S(=O)(=O)N1CCCC1.Cl.